The van der Waals surface area contributed by atoms with E-state index in [-0.39, 0.29) is 6.04 Å². The van der Waals surface area contributed by atoms with Crippen molar-refractivity contribution in [1.82, 2.24) is 15.8 Å². The largest absolute Gasteiger partial charge is 0.383 e. The van der Waals surface area contributed by atoms with E-state index in [9.17, 15) is 0 Å². The van der Waals surface area contributed by atoms with Gasteiger partial charge in [0, 0.05) is 26.3 Å². The van der Waals surface area contributed by atoms with Gasteiger partial charge in [-0.1, -0.05) is 19.0 Å². The van der Waals surface area contributed by atoms with Gasteiger partial charge < -0.3 is 19.9 Å². The summed E-state index contributed by atoms with van der Waals surface area (Å²) in [7, 11) is 3.41. The summed E-state index contributed by atoms with van der Waals surface area (Å²) in [6, 6.07) is 2.15. The summed E-state index contributed by atoms with van der Waals surface area (Å²) in [4.78, 5) is 4.14. The Balaban J connectivity index is 2.44. The molecule has 0 aliphatic rings. The predicted octanol–water partition coefficient (Wildman–Crippen LogP) is 1.50. The van der Waals surface area contributed by atoms with Crippen LogP contribution in [0.2, 0.25) is 0 Å². The minimum Gasteiger partial charge on any atom is -0.383 e. The second kappa shape index (κ2) is 7.78. The molecule has 2 N–H and O–H groups in total. The predicted molar refractivity (Wildman–Crippen MR) is 75.3 cm³/mol. The number of ether oxygens (including phenoxy) is 1. The third-order valence-electron chi connectivity index (χ3n) is 2.62. The zero-order valence-corrected chi connectivity index (χ0v) is 12.4. The van der Waals surface area contributed by atoms with Crippen molar-refractivity contribution in [2.75, 3.05) is 20.8 Å². The maximum absolute atomic E-state index is 5.25. The number of methoxy groups -OCH3 is 1. The molecule has 0 aliphatic heterocycles. The summed E-state index contributed by atoms with van der Waals surface area (Å²) >= 11 is 0. The highest BCUT2D eigenvalue weighted by atomic mass is 16.5. The number of nitrogens with one attached hydrogen (secondary N) is 2. The van der Waals surface area contributed by atoms with Crippen LogP contribution in [-0.2, 0) is 11.3 Å². The van der Waals surface area contributed by atoms with Crippen molar-refractivity contribution in [3.05, 3.63) is 17.5 Å². The minimum atomic E-state index is 0.192. The minimum absolute atomic E-state index is 0.192. The molecule has 1 aromatic rings. The van der Waals surface area contributed by atoms with E-state index in [1.807, 2.05) is 13.0 Å². The first-order valence-electron chi connectivity index (χ1n) is 6.48. The molecular weight excluding hydrogens is 244 g/mol. The fraction of sp³-hybridized carbons (Fsp3) is 0.692. The van der Waals surface area contributed by atoms with Crippen molar-refractivity contribution in [2.24, 2.45) is 4.99 Å². The Morgan fingerprint density at radius 2 is 2.21 bits per heavy atom. The van der Waals surface area contributed by atoms with Crippen LogP contribution in [0, 0.1) is 0 Å². The highest BCUT2D eigenvalue weighted by molar-refractivity contribution is 5.79. The van der Waals surface area contributed by atoms with Crippen LogP contribution in [0.1, 0.15) is 38.1 Å². The van der Waals surface area contributed by atoms with Gasteiger partial charge in [0.2, 0.25) is 0 Å². The molecule has 1 unspecified atom stereocenters. The Kier molecular flexibility index (Phi) is 6.35. The van der Waals surface area contributed by atoms with E-state index >= 15 is 0 Å². The molecule has 0 saturated heterocycles. The standard InChI is InChI=1S/C13H24N4O2/c1-9(2)12-6-11(19-17-12)7-15-13(14-4)16-10(3)8-18-5/h6,9-10H,7-8H2,1-5H3,(H2,14,15,16). The van der Waals surface area contributed by atoms with Crippen molar-refractivity contribution >= 4 is 5.96 Å². The number of guanidine groups is 1. The van der Waals surface area contributed by atoms with Gasteiger partial charge in [0.05, 0.1) is 18.8 Å². The zero-order valence-electron chi connectivity index (χ0n) is 12.4. The number of aliphatic imine (C=N–C) groups is 1. The molecule has 0 saturated carbocycles. The lowest BCUT2D eigenvalue weighted by Crippen LogP contribution is -2.43. The number of rotatable bonds is 6. The zero-order chi connectivity index (χ0) is 14.3. The van der Waals surface area contributed by atoms with E-state index in [1.54, 1.807) is 14.2 Å². The SMILES string of the molecule is CN=C(NCc1cc(C(C)C)no1)NC(C)COC. The van der Waals surface area contributed by atoms with Gasteiger partial charge in [0.25, 0.3) is 0 Å². The number of hydrogen-bond donors (Lipinski definition) is 2. The van der Waals surface area contributed by atoms with Crippen molar-refractivity contribution in [1.29, 1.82) is 0 Å². The topological polar surface area (TPSA) is 71.7 Å². The number of aromatic nitrogens is 1. The Bertz CT molecular complexity index is 401. The molecule has 108 valence electrons. The highest BCUT2D eigenvalue weighted by Crippen LogP contribution is 2.13. The summed E-state index contributed by atoms with van der Waals surface area (Å²) in [5.74, 6) is 1.88. The Hall–Kier alpha value is -1.56. The fourth-order valence-corrected chi connectivity index (χ4v) is 1.57. The van der Waals surface area contributed by atoms with E-state index in [1.165, 1.54) is 0 Å². The molecule has 0 radical (unpaired) electrons. The Morgan fingerprint density at radius 3 is 2.74 bits per heavy atom. The summed E-state index contributed by atoms with van der Waals surface area (Å²) < 4.78 is 10.3. The van der Waals surface area contributed by atoms with Crippen molar-refractivity contribution in [3.8, 4) is 0 Å². The van der Waals surface area contributed by atoms with E-state index in [0.717, 1.165) is 11.5 Å². The quantitative estimate of drug-likeness (QED) is 0.604. The fourth-order valence-electron chi connectivity index (χ4n) is 1.57. The van der Waals surface area contributed by atoms with Gasteiger partial charge in [-0.2, -0.15) is 0 Å². The Morgan fingerprint density at radius 1 is 1.47 bits per heavy atom. The van der Waals surface area contributed by atoms with Crippen LogP contribution in [0.4, 0.5) is 0 Å². The van der Waals surface area contributed by atoms with Crippen molar-refractivity contribution < 1.29 is 9.26 Å². The second-order valence-electron chi connectivity index (χ2n) is 4.80. The molecule has 0 bridgehead atoms. The van der Waals surface area contributed by atoms with E-state index in [0.29, 0.717) is 25.0 Å². The van der Waals surface area contributed by atoms with Gasteiger partial charge in [-0.15, -0.1) is 0 Å². The monoisotopic (exact) mass is 268 g/mol. The highest BCUT2D eigenvalue weighted by Gasteiger charge is 2.09. The average Bonchev–Trinajstić information content (AvgIpc) is 2.83. The van der Waals surface area contributed by atoms with Crippen LogP contribution in [0.5, 0.6) is 0 Å². The lowest BCUT2D eigenvalue weighted by atomic mass is 10.1. The molecule has 0 aromatic carbocycles. The van der Waals surface area contributed by atoms with Crippen molar-refractivity contribution in [2.45, 2.75) is 39.3 Å². The summed E-state index contributed by atoms with van der Waals surface area (Å²) in [5.41, 5.74) is 0.965. The van der Waals surface area contributed by atoms with Crippen LogP contribution in [0.3, 0.4) is 0 Å². The number of hydrogen-bond acceptors (Lipinski definition) is 4. The molecule has 0 aliphatic carbocycles. The third-order valence-corrected chi connectivity index (χ3v) is 2.62. The Labute approximate surface area is 114 Å². The first-order chi connectivity index (χ1) is 9.06. The third kappa shape index (κ3) is 5.30. The molecule has 19 heavy (non-hydrogen) atoms. The summed E-state index contributed by atoms with van der Waals surface area (Å²) in [6.45, 7) is 7.38. The van der Waals surface area contributed by atoms with Gasteiger partial charge in [-0.3, -0.25) is 4.99 Å². The molecule has 1 rings (SSSR count). The van der Waals surface area contributed by atoms with E-state index < -0.39 is 0 Å². The van der Waals surface area contributed by atoms with Gasteiger partial charge in [-0.05, 0) is 12.8 Å². The van der Waals surface area contributed by atoms with Crippen molar-refractivity contribution in [3.63, 3.8) is 0 Å². The first kappa shape index (κ1) is 15.5. The first-order valence-corrected chi connectivity index (χ1v) is 6.48. The summed E-state index contributed by atoms with van der Waals surface area (Å²) in [5, 5.41) is 10.4. The normalized spacial score (nSPS) is 13.7. The maximum atomic E-state index is 5.25. The van der Waals surface area contributed by atoms with E-state index in [2.05, 4.69) is 34.6 Å². The number of nitrogens with zero attached hydrogens (tertiary/aromatic N) is 2. The lowest BCUT2D eigenvalue weighted by Gasteiger charge is -2.16. The lowest BCUT2D eigenvalue weighted by molar-refractivity contribution is 0.179. The van der Waals surface area contributed by atoms with Crippen LogP contribution < -0.4 is 10.6 Å². The van der Waals surface area contributed by atoms with Crippen LogP contribution in [0.25, 0.3) is 0 Å². The van der Waals surface area contributed by atoms with Crippen LogP contribution in [0.15, 0.2) is 15.6 Å². The van der Waals surface area contributed by atoms with Gasteiger partial charge in [0.15, 0.2) is 11.7 Å². The maximum Gasteiger partial charge on any atom is 0.191 e. The second-order valence-corrected chi connectivity index (χ2v) is 4.80. The summed E-state index contributed by atoms with van der Waals surface area (Å²) in [6.07, 6.45) is 0. The molecule has 1 atom stereocenters. The van der Waals surface area contributed by atoms with Crippen LogP contribution >= 0.6 is 0 Å². The van der Waals surface area contributed by atoms with Gasteiger partial charge in [-0.25, -0.2) is 0 Å². The molecule has 6 heteroatoms. The van der Waals surface area contributed by atoms with Gasteiger partial charge >= 0.3 is 0 Å². The molecule has 1 aromatic heterocycles. The molecule has 0 spiro atoms. The molecule has 0 fully saturated rings. The van der Waals surface area contributed by atoms with E-state index in [4.69, 9.17) is 9.26 Å². The molecule has 1 heterocycles. The van der Waals surface area contributed by atoms with Crippen LogP contribution in [-0.4, -0.2) is 37.9 Å². The smallest absolute Gasteiger partial charge is 0.191 e. The molecule has 6 nitrogen and oxygen atoms in total. The molecule has 0 amide bonds. The van der Waals surface area contributed by atoms with Gasteiger partial charge in [0.1, 0.15) is 0 Å². The average molecular weight is 268 g/mol. The molecular formula is C13H24N4O2.